The Kier molecular flexibility index (Phi) is 5.29. The lowest BCUT2D eigenvalue weighted by molar-refractivity contribution is 0.461. The van der Waals surface area contributed by atoms with E-state index < -0.39 is 16.8 Å². The summed E-state index contributed by atoms with van der Waals surface area (Å²) in [5.74, 6) is 0.00696. The maximum atomic E-state index is 12.1. The van der Waals surface area contributed by atoms with Gasteiger partial charge < -0.3 is 4.74 Å². The van der Waals surface area contributed by atoms with E-state index in [-0.39, 0.29) is 43.3 Å². The first-order valence-corrected chi connectivity index (χ1v) is 9.54. The molecule has 9 nitrogen and oxygen atoms in total. The number of hydrogen-bond acceptors (Lipinski definition) is 6. The topological polar surface area (TPSA) is 134 Å². The van der Waals surface area contributed by atoms with E-state index in [0.29, 0.717) is 5.39 Å². The van der Waals surface area contributed by atoms with E-state index in [1.807, 2.05) is 4.98 Å². The molecule has 4 aromatic rings. The van der Waals surface area contributed by atoms with E-state index in [9.17, 15) is 14.4 Å². The van der Waals surface area contributed by atoms with E-state index in [1.54, 1.807) is 24.3 Å². The second kappa shape index (κ2) is 7.92. The zero-order valence-corrected chi connectivity index (χ0v) is 17.3. The van der Waals surface area contributed by atoms with E-state index in [0.717, 1.165) is 10.8 Å². The molecule has 0 atom stereocenters. The summed E-state index contributed by atoms with van der Waals surface area (Å²) < 4.78 is 6.76. The molecule has 0 unspecified atom stereocenters. The summed E-state index contributed by atoms with van der Waals surface area (Å²) in [7, 11) is 0. The van der Waals surface area contributed by atoms with Crippen LogP contribution in [0.3, 0.4) is 0 Å². The van der Waals surface area contributed by atoms with Crippen molar-refractivity contribution >= 4 is 45.6 Å². The van der Waals surface area contributed by atoms with Crippen molar-refractivity contribution in [3.8, 4) is 23.4 Å². The molecule has 2 heterocycles. The minimum atomic E-state index is -0.810. The van der Waals surface area contributed by atoms with Gasteiger partial charge in [-0.25, -0.2) is 9.89 Å². The van der Waals surface area contributed by atoms with Gasteiger partial charge in [-0.2, -0.15) is 5.26 Å². The van der Waals surface area contributed by atoms with Crippen LogP contribution in [-0.4, -0.2) is 19.7 Å². The summed E-state index contributed by atoms with van der Waals surface area (Å²) in [5.41, 5.74) is -2.18. The number of nitrogens with zero attached hydrogens (tertiary/aromatic N) is 3. The van der Waals surface area contributed by atoms with Gasteiger partial charge in [-0.3, -0.25) is 19.1 Å². The van der Waals surface area contributed by atoms with Crippen LogP contribution in [-0.2, 0) is 0 Å². The first kappa shape index (κ1) is 20.7. The average molecular weight is 477 g/mol. The van der Waals surface area contributed by atoms with Crippen molar-refractivity contribution < 1.29 is 4.74 Å². The maximum Gasteiger partial charge on any atom is 0.332 e. The minimum Gasteiger partial charge on any atom is -0.434 e. The van der Waals surface area contributed by atoms with Gasteiger partial charge in [0.25, 0.3) is 11.1 Å². The number of aromatic amines is 2. The standard InChI is InChI=1S/C19H8Cl3N5O4/c20-11-3-1-2-10-14(11)17(29)25-26-18(10)31-15-12(21)4-9(5-13(15)22)27-7-8(6-23)16(28)24-19(27)30/h1-5,7H,(H,25,29)(H,24,28,30). The summed E-state index contributed by atoms with van der Waals surface area (Å²) in [6, 6.07) is 9.16. The number of ether oxygens (including phenoxy) is 1. The van der Waals surface area contributed by atoms with E-state index in [4.69, 9.17) is 44.8 Å². The SMILES string of the molecule is N#Cc1cn(-c2cc(Cl)c(Oc3n[nH]c(=O)c4c(Cl)cccc34)c(Cl)c2)c(=O)[nH]c1=O. The van der Waals surface area contributed by atoms with Gasteiger partial charge in [-0.15, -0.1) is 5.10 Å². The molecule has 0 radical (unpaired) electrons. The van der Waals surface area contributed by atoms with Crippen LogP contribution in [0.25, 0.3) is 16.5 Å². The molecule has 0 aliphatic heterocycles. The second-order valence-corrected chi connectivity index (χ2v) is 7.37. The lowest BCUT2D eigenvalue weighted by atomic mass is 10.2. The van der Waals surface area contributed by atoms with Crippen LogP contribution >= 0.6 is 34.8 Å². The first-order chi connectivity index (χ1) is 14.8. The lowest BCUT2D eigenvalue weighted by Gasteiger charge is -2.13. The van der Waals surface area contributed by atoms with Gasteiger partial charge in [0, 0.05) is 6.20 Å². The molecule has 31 heavy (non-hydrogen) atoms. The van der Waals surface area contributed by atoms with Crippen LogP contribution in [0.4, 0.5) is 0 Å². The van der Waals surface area contributed by atoms with Crippen molar-refractivity contribution in [2.45, 2.75) is 0 Å². The van der Waals surface area contributed by atoms with E-state index in [2.05, 4.69) is 10.2 Å². The number of nitriles is 1. The van der Waals surface area contributed by atoms with Gasteiger partial charge in [0.1, 0.15) is 11.6 Å². The summed E-state index contributed by atoms with van der Waals surface area (Å²) in [6.45, 7) is 0. The molecule has 12 heteroatoms. The fraction of sp³-hybridized carbons (Fsp3) is 0. The largest absolute Gasteiger partial charge is 0.434 e. The molecule has 2 aromatic heterocycles. The Bertz CT molecular complexity index is 1560. The van der Waals surface area contributed by atoms with Gasteiger partial charge in [-0.1, -0.05) is 40.9 Å². The van der Waals surface area contributed by atoms with E-state index in [1.165, 1.54) is 12.1 Å². The summed E-state index contributed by atoms with van der Waals surface area (Å²) >= 11 is 18.7. The molecule has 4 rings (SSSR count). The predicted octanol–water partition coefficient (Wildman–Crippen LogP) is 3.39. The van der Waals surface area contributed by atoms with Crippen LogP contribution < -0.4 is 21.5 Å². The Balaban J connectivity index is 1.83. The number of aromatic nitrogens is 4. The van der Waals surface area contributed by atoms with E-state index >= 15 is 0 Å². The third-order valence-electron chi connectivity index (χ3n) is 4.25. The molecular formula is C19H8Cl3N5O4. The Morgan fingerprint density at radius 2 is 1.74 bits per heavy atom. The van der Waals surface area contributed by atoms with Gasteiger partial charge >= 0.3 is 5.69 Å². The van der Waals surface area contributed by atoms with Crippen LogP contribution in [0, 0.1) is 11.3 Å². The molecule has 0 spiro atoms. The highest BCUT2D eigenvalue weighted by Crippen LogP contribution is 2.39. The molecule has 0 bridgehead atoms. The molecule has 2 aromatic carbocycles. The van der Waals surface area contributed by atoms with Crippen LogP contribution in [0.2, 0.25) is 15.1 Å². The second-order valence-electron chi connectivity index (χ2n) is 6.14. The van der Waals surface area contributed by atoms with Crippen molar-refractivity contribution in [3.63, 3.8) is 0 Å². The van der Waals surface area contributed by atoms with Crippen LogP contribution in [0.1, 0.15) is 5.56 Å². The molecule has 0 aliphatic carbocycles. The predicted molar refractivity (Wildman–Crippen MR) is 115 cm³/mol. The number of benzene rings is 2. The van der Waals surface area contributed by atoms with Gasteiger partial charge in [-0.05, 0) is 24.3 Å². The zero-order valence-electron chi connectivity index (χ0n) is 15.1. The normalized spacial score (nSPS) is 10.8. The third-order valence-corrected chi connectivity index (χ3v) is 5.13. The Labute approximate surface area is 187 Å². The highest BCUT2D eigenvalue weighted by molar-refractivity contribution is 6.37. The van der Waals surface area contributed by atoms with Crippen molar-refractivity contribution in [1.29, 1.82) is 5.26 Å². The van der Waals surface area contributed by atoms with Crippen LogP contribution in [0.5, 0.6) is 11.6 Å². The molecule has 154 valence electrons. The summed E-state index contributed by atoms with van der Waals surface area (Å²) in [6.07, 6.45) is 1.07. The van der Waals surface area contributed by atoms with Gasteiger partial charge in [0.05, 0.1) is 31.5 Å². The van der Waals surface area contributed by atoms with Gasteiger partial charge in [0.2, 0.25) is 5.88 Å². The molecule has 0 saturated carbocycles. The van der Waals surface area contributed by atoms with Crippen molar-refractivity contribution in [1.82, 2.24) is 19.7 Å². The highest BCUT2D eigenvalue weighted by Gasteiger charge is 2.17. The Morgan fingerprint density at radius 1 is 1.03 bits per heavy atom. The average Bonchev–Trinajstić information content (AvgIpc) is 2.72. The summed E-state index contributed by atoms with van der Waals surface area (Å²) in [5, 5.41) is 15.9. The molecular weight excluding hydrogens is 469 g/mol. The Hall–Kier alpha value is -3.58. The maximum absolute atomic E-state index is 12.1. The number of halogens is 3. The molecule has 0 aliphatic rings. The Morgan fingerprint density at radius 3 is 2.42 bits per heavy atom. The number of hydrogen-bond donors (Lipinski definition) is 2. The monoisotopic (exact) mass is 475 g/mol. The smallest absolute Gasteiger partial charge is 0.332 e. The lowest BCUT2D eigenvalue weighted by Crippen LogP contribution is -2.30. The molecule has 0 amide bonds. The molecule has 0 fully saturated rings. The van der Waals surface area contributed by atoms with Gasteiger partial charge in [0.15, 0.2) is 5.75 Å². The van der Waals surface area contributed by atoms with Crippen molar-refractivity contribution in [2.75, 3.05) is 0 Å². The summed E-state index contributed by atoms with van der Waals surface area (Å²) in [4.78, 5) is 37.8. The molecule has 0 saturated heterocycles. The number of nitrogens with one attached hydrogen (secondary N) is 2. The quantitative estimate of drug-likeness (QED) is 0.465. The third kappa shape index (κ3) is 3.68. The minimum absolute atomic E-state index is 0.00150. The number of H-pyrrole nitrogens is 2. The number of rotatable bonds is 3. The fourth-order valence-corrected chi connectivity index (χ4v) is 3.66. The van der Waals surface area contributed by atoms with Crippen LogP contribution in [0.15, 0.2) is 50.9 Å². The molecule has 2 N–H and O–H groups in total. The van der Waals surface area contributed by atoms with Crippen molar-refractivity contribution in [3.05, 3.63) is 88.4 Å². The number of fused-ring (bicyclic) bond motifs is 1. The highest BCUT2D eigenvalue weighted by atomic mass is 35.5. The zero-order chi connectivity index (χ0) is 22.3. The van der Waals surface area contributed by atoms with Crippen molar-refractivity contribution in [2.24, 2.45) is 0 Å². The first-order valence-electron chi connectivity index (χ1n) is 8.40. The fourth-order valence-electron chi connectivity index (χ4n) is 2.85.